The molecule has 4 rings (SSSR count). The lowest BCUT2D eigenvalue weighted by Gasteiger charge is -2.04. The second-order valence-corrected chi connectivity index (χ2v) is 7.02. The summed E-state index contributed by atoms with van der Waals surface area (Å²) in [4.78, 5) is 17.5. The van der Waals surface area contributed by atoms with Crippen molar-refractivity contribution < 1.29 is 14.3 Å². The van der Waals surface area contributed by atoms with Crippen LogP contribution in [0.2, 0.25) is 5.02 Å². The number of rotatable bonds is 3. The van der Waals surface area contributed by atoms with Gasteiger partial charge in [0.1, 0.15) is 0 Å². The predicted molar refractivity (Wildman–Crippen MR) is 97.6 cm³/mol. The Morgan fingerprint density at radius 3 is 2.80 bits per heavy atom. The lowest BCUT2D eigenvalue weighted by Crippen LogP contribution is -2.17. The fourth-order valence-corrected chi connectivity index (χ4v) is 4.05. The van der Waals surface area contributed by atoms with Gasteiger partial charge < -0.3 is 14.0 Å². The number of carbonyl (C=O) groups excluding carboxylic acids is 1. The lowest BCUT2D eigenvalue weighted by molar-refractivity contribution is 0.0998. The van der Waals surface area contributed by atoms with E-state index < -0.39 is 0 Å². The monoisotopic (exact) mass is 374 g/mol. The highest BCUT2D eigenvalue weighted by Crippen LogP contribution is 2.37. The van der Waals surface area contributed by atoms with Crippen molar-refractivity contribution in [1.29, 1.82) is 0 Å². The molecule has 0 radical (unpaired) electrons. The van der Waals surface area contributed by atoms with Crippen LogP contribution in [0.1, 0.15) is 23.7 Å². The molecule has 0 saturated carbocycles. The number of hydrogen-bond acceptors (Lipinski definition) is 4. The van der Waals surface area contributed by atoms with Gasteiger partial charge in [0.15, 0.2) is 16.3 Å². The fourth-order valence-electron chi connectivity index (χ4n) is 2.77. The maximum atomic E-state index is 12.6. The van der Waals surface area contributed by atoms with Gasteiger partial charge in [-0.25, -0.2) is 0 Å². The number of nitrogens with zero attached hydrogens (tertiary/aromatic N) is 2. The van der Waals surface area contributed by atoms with Gasteiger partial charge in [0.2, 0.25) is 6.79 Å². The first kappa shape index (κ1) is 16.2. The average Bonchev–Trinajstić information content (AvgIpc) is 3.18. The van der Waals surface area contributed by atoms with E-state index in [4.69, 9.17) is 21.1 Å². The van der Waals surface area contributed by atoms with E-state index in [1.807, 2.05) is 16.7 Å². The van der Waals surface area contributed by atoms with Gasteiger partial charge in [0.25, 0.3) is 5.91 Å². The normalized spacial score (nSPS) is 13.6. The molecule has 0 unspecified atom stereocenters. The summed E-state index contributed by atoms with van der Waals surface area (Å²) in [6.45, 7) is 3.08. The number of benzene rings is 2. The summed E-state index contributed by atoms with van der Waals surface area (Å²) in [6.07, 6.45) is 0.924. The molecule has 2 aromatic carbocycles. The molecule has 0 aliphatic carbocycles. The van der Waals surface area contributed by atoms with E-state index in [2.05, 4.69) is 11.9 Å². The maximum Gasteiger partial charge on any atom is 0.281 e. The molecule has 2 heterocycles. The van der Waals surface area contributed by atoms with Crippen molar-refractivity contribution in [3.63, 3.8) is 0 Å². The van der Waals surface area contributed by atoms with Gasteiger partial charge in [-0.3, -0.25) is 4.79 Å². The van der Waals surface area contributed by atoms with Crippen molar-refractivity contribution in [1.82, 2.24) is 4.57 Å². The van der Waals surface area contributed by atoms with Crippen molar-refractivity contribution in [3.05, 3.63) is 51.8 Å². The van der Waals surface area contributed by atoms with Crippen molar-refractivity contribution in [2.75, 3.05) is 6.79 Å². The molecule has 1 amide bonds. The van der Waals surface area contributed by atoms with Crippen LogP contribution in [0.3, 0.4) is 0 Å². The number of thiazole rings is 1. The molecule has 0 atom stereocenters. The Morgan fingerprint density at radius 2 is 2.04 bits per heavy atom. The number of carbonyl (C=O) groups is 1. The summed E-state index contributed by atoms with van der Waals surface area (Å²) in [5.41, 5.74) is 1.39. The molecule has 1 aromatic heterocycles. The molecule has 0 bridgehead atoms. The Kier molecular flexibility index (Phi) is 4.23. The molecule has 0 N–H and O–H groups in total. The predicted octanol–water partition coefficient (Wildman–Crippen LogP) is 4.24. The van der Waals surface area contributed by atoms with Gasteiger partial charge in [0, 0.05) is 18.7 Å². The highest BCUT2D eigenvalue weighted by Gasteiger charge is 2.18. The van der Waals surface area contributed by atoms with E-state index in [9.17, 15) is 4.79 Å². The number of halogens is 1. The smallest absolute Gasteiger partial charge is 0.281 e. The van der Waals surface area contributed by atoms with Crippen LogP contribution in [-0.2, 0) is 6.54 Å². The van der Waals surface area contributed by atoms with Gasteiger partial charge in [-0.1, -0.05) is 42.0 Å². The van der Waals surface area contributed by atoms with Crippen LogP contribution < -0.4 is 14.3 Å². The maximum absolute atomic E-state index is 12.6. The second-order valence-electron chi connectivity index (χ2n) is 5.61. The van der Waals surface area contributed by atoms with E-state index in [-0.39, 0.29) is 12.7 Å². The summed E-state index contributed by atoms with van der Waals surface area (Å²) in [7, 11) is 0. The number of aryl methyl sites for hydroxylation is 1. The van der Waals surface area contributed by atoms with Gasteiger partial charge in [-0.15, -0.1) is 0 Å². The Morgan fingerprint density at radius 1 is 1.28 bits per heavy atom. The Bertz CT molecular complexity index is 1040. The van der Waals surface area contributed by atoms with E-state index in [1.165, 1.54) is 11.3 Å². The standard InChI is InChI=1S/C18H15ClN2O3S/c1-2-7-21-13-8-14-15(24-10-23-14)9-16(13)25-18(21)20-17(22)11-5-3-4-6-12(11)19/h3-6,8-9H,2,7,10H2,1H3. The van der Waals surface area contributed by atoms with Gasteiger partial charge >= 0.3 is 0 Å². The van der Waals surface area contributed by atoms with Crippen LogP contribution >= 0.6 is 22.9 Å². The van der Waals surface area contributed by atoms with Crippen molar-refractivity contribution >= 4 is 39.1 Å². The van der Waals surface area contributed by atoms with Gasteiger partial charge in [-0.2, -0.15) is 4.99 Å². The molecule has 128 valence electrons. The van der Waals surface area contributed by atoms with Crippen molar-refractivity contribution in [3.8, 4) is 11.5 Å². The molecule has 0 saturated heterocycles. The topological polar surface area (TPSA) is 52.8 Å². The highest BCUT2D eigenvalue weighted by molar-refractivity contribution is 7.16. The Balaban J connectivity index is 1.87. The number of hydrogen-bond donors (Lipinski definition) is 0. The number of ether oxygens (including phenoxy) is 2. The Hall–Kier alpha value is -2.31. The number of fused-ring (bicyclic) bond motifs is 2. The van der Waals surface area contributed by atoms with Crippen LogP contribution in [0.5, 0.6) is 11.5 Å². The van der Waals surface area contributed by atoms with Crippen LogP contribution in [0.4, 0.5) is 0 Å². The minimum Gasteiger partial charge on any atom is -0.454 e. The molecule has 7 heteroatoms. The molecular weight excluding hydrogens is 360 g/mol. The first-order valence-electron chi connectivity index (χ1n) is 7.94. The molecule has 3 aromatic rings. The zero-order chi connectivity index (χ0) is 17.4. The molecule has 0 fully saturated rings. The number of aromatic nitrogens is 1. The fraction of sp³-hybridized carbons (Fsp3) is 0.222. The third-order valence-electron chi connectivity index (χ3n) is 3.93. The summed E-state index contributed by atoms with van der Waals surface area (Å²) in [6, 6.07) is 10.8. The van der Waals surface area contributed by atoms with Crippen LogP contribution in [0.15, 0.2) is 41.4 Å². The lowest BCUT2D eigenvalue weighted by atomic mass is 10.2. The molecule has 1 aliphatic heterocycles. The van der Waals surface area contributed by atoms with E-state index in [0.717, 1.165) is 34.7 Å². The molecular formula is C18H15ClN2O3S. The third kappa shape index (κ3) is 2.92. The van der Waals surface area contributed by atoms with Crippen molar-refractivity contribution in [2.45, 2.75) is 19.9 Å². The van der Waals surface area contributed by atoms with Crippen molar-refractivity contribution in [2.24, 2.45) is 4.99 Å². The molecule has 0 spiro atoms. The largest absolute Gasteiger partial charge is 0.454 e. The van der Waals surface area contributed by atoms with Crippen LogP contribution in [-0.4, -0.2) is 17.3 Å². The van der Waals surface area contributed by atoms with E-state index in [1.54, 1.807) is 24.3 Å². The Labute approximate surface area is 153 Å². The zero-order valence-electron chi connectivity index (χ0n) is 13.5. The van der Waals surface area contributed by atoms with E-state index >= 15 is 0 Å². The summed E-state index contributed by atoms with van der Waals surface area (Å²) >= 11 is 7.57. The third-order valence-corrected chi connectivity index (χ3v) is 5.30. The van der Waals surface area contributed by atoms with Gasteiger partial charge in [-0.05, 0) is 18.6 Å². The molecule has 25 heavy (non-hydrogen) atoms. The van der Waals surface area contributed by atoms with Crippen LogP contribution in [0.25, 0.3) is 10.2 Å². The first-order chi connectivity index (χ1) is 12.2. The first-order valence-corrected chi connectivity index (χ1v) is 9.13. The van der Waals surface area contributed by atoms with Crippen LogP contribution in [0, 0.1) is 0 Å². The summed E-state index contributed by atoms with van der Waals surface area (Å²) in [5.74, 6) is 1.10. The molecule has 5 nitrogen and oxygen atoms in total. The number of amides is 1. The second kappa shape index (κ2) is 6.54. The zero-order valence-corrected chi connectivity index (χ0v) is 15.1. The summed E-state index contributed by atoms with van der Waals surface area (Å²) < 4.78 is 14.0. The minimum absolute atomic E-state index is 0.239. The quantitative estimate of drug-likeness (QED) is 0.689. The minimum atomic E-state index is -0.345. The average molecular weight is 375 g/mol. The SMILES string of the molecule is CCCn1c(=NC(=O)c2ccccc2Cl)sc2cc3c(cc21)OCO3. The van der Waals surface area contributed by atoms with E-state index in [0.29, 0.717) is 15.4 Å². The molecule has 1 aliphatic rings. The van der Waals surface area contributed by atoms with Gasteiger partial charge in [0.05, 0.1) is 20.8 Å². The summed E-state index contributed by atoms with van der Waals surface area (Å²) in [5, 5.41) is 0.403. The highest BCUT2D eigenvalue weighted by atomic mass is 35.5.